The van der Waals surface area contributed by atoms with Crippen molar-refractivity contribution in [1.29, 1.82) is 0 Å². The van der Waals surface area contributed by atoms with Gasteiger partial charge < -0.3 is 10.5 Å². The highest BCUT2D eigenvalue weighted by molar-refractivity contribution is 6.33. The number of hydrogen-bond acceptors (Lipinski definition) is 4. The minimum atomic E-state index is 0.462. The Hall–Kier alpha value is -1.75. The maximum Gasteiger partial charge on any atom is 0.184 e. The zero-order valence-corrected chi connectivity index (χ0v) is 10.4. The monoisotopic (exact) mass is 252 g/mol. The van der Waals surface area contributed by atoms with Gasteiger partial charge in [-0.05, 0) is 6.07 Å². The fraction of sp³-hybridized carbons (Fsp3) is 0.273. The average molecular weight is 253 g/mol. The molecule has 1 aromatic heterocycles. The summed E-state index contributed by atoms with van der Waals surface area (Å²) in [5.41, 5.74) is 6.91. The van der Waals surface area contributed by atoms with Crippen molar-refractivity contribution in [3.8, 4) is 17.1 Å². The lowest BCUT2D eigenvalue weighted by Gasteiger charge is -2.07. The van der Waals surface area contributed by atoms with E-state index in [1.165, 1.54) is 0 Å². The van der Waals surface area contributed by atoms with Gasteiger partial charge in [-0.3, -0.25) is 5.10 Å². The van der Waals surface area contributed by atoms with Crippen molar-refractivity contribution in [2.24, 2.45) is 0 Å². The molecule has 2 rings (SSSR count). The third-order valence-corrected chi connectivity index (χ3v) is 2.75. The third kappa shape index (κ3) is 2.19. The van der Waals surface area contributed by atoms with Gasteiger partial charge in [-0.2, -0.15) is 5.10 Å². The predicted octanol–water partition coefficient (Wildman–Crippen LogP) is 2.28. The number of rotatable bonds is 3. The van der Waals surface area contributed by atoms with Crippen LogP contribution in [0.25, 0.3) is 11.4 Å². The number of nitrogens with zero attached hydrogens (tertiary/aromatic N) is 2. The number of ether oxygens (including phenoxy) is 1. The summed E-state index contributed by atoms with van der Waals surface area (Å²) in [6, 6.07) is 3.37. The van der Waals surface area contributed by atoms with Crippen molar-refractivity contribution in [2.75, 3.05) is 12.8 Å². The Morgan fingerprint density at radius 1 is 1.47 bits per heavy atom. The van der Waals surface area contributed by atoms with Gasteiger partial charge in [-0.25, -0.2) is 4.98 Å². The van der Waals surface area contributed by atoms with E-state index in [-0.39, 0.29) is 0 Å². The predicted molar refractivity (Wildman–Crippen MR) is 67.2 cm³/mol. The number of methoxy groups -OCH3 is 1. The number of benzene rings is 1. The van der Waals surface area contributed by atoms with Crippen molar-refractivity contribution < 1.29 is 4.74 Å². The highest BCUT2D eigenvalue weighted by atomic mass is 35.5. The highest BCUT2D eigenvalue weighted by Crippen LogP contribution is 2.34. The molecule has 0 radical (unpaired) electrons. The number of nitrogens with one attached hydrogen (secondary N) is 1. The minimum Gasteiger partial charge on any atom is -0.496 e. The standard InChI is InChI=1S/C11H13ClN4O/c1-3-10-14-11(16-15-10)6-4-7(12)8(13)5-9(6)17-2/h4-5H,3,13H2,1-2H3,(H,14,15,16). The van der Waals surface area contributed by atoms with E-state index in [4.69, 9.17) is 22.1 Å². The fourth-order valence-corrected chi connectivity index (χ4v) is 1.65. The lowest BCUT2D eigenvalue weighted by molar-refractivity contribution is 0.416. The molecule has 0 saturated heterocycles. The van der Waals surface area contributed by atoms with Crippen LogP contribution in [0.5, 0.6) is 5.75 Å². The molecule has 0 fully saturated rings. The molecule has 0 aliphatic rings. The minimum absolute atomic E-state index is 0.462. The second kappa shape index (κ2) is 4.63. The Bertz CT molecular complexity index is 538. The van der Waals surface area contributed by atoms with Gasteiger partial charge in [0.1, 0.15) is 11.6 Å². The van der Waals surface area contributed by atoms with Crippen molar-refractivity contribution >= 4 is 17.3 Å². The number of hydrogen-bond donors (Lipinski definition) is 2. The summed E-state index contributed by atoms with van der Waals surface area (Å²) in [6.45, 7) is 2.00. The van der Waals surface area contributed by atoms with E-state index in [9.17, 15) is 0 Å². The van der Waals surface area contributed by atoms with Gasteiger partial charge in [0.15, 0.2) is 5.82 Å². The first-order valence-electron chi connectivity index (χ1n) is 5.20. The van der Waals surface area contributed by atoms with Gasteiger partial charge in [0, 0.05) is 12.5 Å². The first kappa shape index (κ1) is 11.7. The van der Waals surface area contributed by atoms with E-state index < -0.39 is 0 Å². The average Bonchev–Trinajstić information content (AvgIpc) is 2.80. The molecule has 0 spiro atoms. The molecule has 90 valence electrons. The van der Waals surface area contributed by atoms with E-state index in [0.29, 0.717) is 22.3 Å². The molecule has 0 bridgehead atoms. The molecule has 0 atom stereocenters. The quantitative estimate of drug-likeness (QED) is 0.822. The van der Waals surface area contributed by atoms with E-state index >= 15 is 0 Å². The summed E-state index contributed by atoms with van der Waals surface area (Å²) >= 11 is 5.99. The second-order valence-electron chi connectivity index (χ2n) is 3.53. The first-order valence-corrected chi connectivity index (χ1v) is 5.58. The Balaban J connectivity index is 2.53. The van der Waals surface area contributed by atoms with Crippen molar-refractivity contribution in [3.05, 3.63) is 23.0 Å². The zero-order chi connectivity index (χ0) is 12.4. The summed E-state index contributed by atoms with van der Waals surface area (Å²) in [5, 5.41) is 7.43. The molecule has 0 unspecified atom stereocenters. The fourth-order valence-electron chi connectivity index (χ4n) is 1.49. The number of nitrogens with two attached hydrogens (primary N) is 1. The van der Waals surface area contributed by atoms with Gasteiger partial charge in [0.25, 0.3) is 0 Å². The summed E-state index contributed by atoms with van der Waals surface area (Å²) in [5.74, 6) is 1.98. The van der Waals surface area contributed by atoms with Crippen molar-refractivity contribution in [2.45, 2.75) is 13.3 Å². The van der Waals surface area contributed by atoms with Crippen LogP contribution in [0.3, 0.4) is 0 Å². The van der Waals surface area contributed by atoms with Crippen LogP contribution < -0.4 is 10.5 Å². The maximum atomic E-state index is 5.99. The van der Waals surface area contributed by atoms with Crippen molar-refractivity contribution in [1.82, 2.24) is 15.2 Å². The molecule has 3 N–H and O–H groups in total. The van der Waals surface area contributed by atoms with Crippen LogP contribution in [0.15, 0.2) is 12.1 Å². The molecule has 6 heteroatoms. The zero-order valence-electron chi connectivity index (χ0n) is 9.62. The van der Waals surface area contributed by atoms with E-state index in [0.717, 1.165) is 17.8 Å². The highest BCUT2D eigenvalue weighted by Gasteiger charge is 2.13. The van der Waals surface area contributed by atoms with E-state index in [1.54, 1.807) is 19.2 Å². The van der Waals surface area contributed by atoms with Gasteiger partial charge in [0.05, 0.1) is 23.4 Å². The lowest BCUT2D eigenvalue weighted by Crippen LogP contribution is -1.94. The molecular formula is C11H13ClN4O. The Kier molecular flexibility index (Phi) is 3.19. The van der Waals surface area contributed by atoms with Crippen LogP contribution in [0.4, 0.5) is 5.69 Å². The van der Waals surface area contributed by atoms with Crippen LogP contribution in [0, 0.1) is 0 Å². The smallest absolute Gasteiger partial charge is 0.184 e. The molecule has 0 saturated carbocycles. The van der Waals surface area contributed by atoms with E-state index in [1.807, 2.05) is 6.92 Å². The van der Waals surface area contributed by atoms with Gasteiger partial charge in [-0.1, -0.05) is 18.5 Å². The first-order chi connectivity index (χ1) is 8.15. The second-order valence-corrected chi connectivity index (χ2v) is 3.94. The SMILES string of the molecule is CCc1nc(-c2cc(Cl)c(N)cc2OC)n[nH]1. The molecular weight excluding hydrogens is 240 g/mol. The Morgan fingerprint density at radius 2 is 2.24 bits per heavy atom. The lowest BCUT2D eigenvalue weighted by atomic mass is 10.1. The van der Waals surface area contributed by atoms with Crippen LogP contribution in [-0.4, -0.2) is 22.3 Å². The molecule has 0 aliphatic heterocycles. The van der Waals surface area contributed by atoms with Gasteiger partial charge in [-0.15, -0.1) is 0 Å². The van der Waals surface area contributed by atoms with Gasteiger partial charge in [0.2, 0.25) is 0 Å². The Morgan fingerprint density at radius 3 is 2.82 bits per heavy atom. The normalized spacial score (nSPS) is 10.5. The number of H-pyrrole nitrogens is 1. The summed E-state index contributed by atoms with van der Waals surface area (Å²) in [4.78, 5) is 4.33. The largest absolute Gasteiger partial charge is 0.496 e. The molecule has 0 amide bonds. The summed E-state index contributed by atoms with van der Waals surface area (Å²) in [7, 11) is 1.57. The maximum absolute atomic E-state index is 5.99. The topological polar surface area (TPSA) is 76.8 Å². The van der Waals surface area contributed by atoms with Crippen molar-refractivity contribution in [3.63, 3.8) is 0 Å². The molecule has 1 aromatic carbocycles. The third-order valence-electron chi connectivity index (χ3n) is 2.43. The van der Waals surface area contributed by atoms with E-state index in [2.05, 4.69) is 15.2 Å². The van der Waals surface area contributed by atoms with Crippen LogP contribution in [0.2, 0.25) is 5.02 Å². The molecule has 17 heavy (non-hydrogen) atoms. The number of aromatic amines is 1. The van der Waals surface area contributed by atoms with Crippen LogP contribution in [-0.2, 0) is 6.42 Å². The number of aryl methyl sites for hydroxylation is 1. The number of halogens is 1. The van der Waals surface area contributed by atoms with Crippen LogP contribution in [0.1, 0.15) is 12.7 Å². The summed E-state index contributed by atoms with van der Waals surface area (Å²) in [6.07, 6.45) is 0.790. The molecule has 2 aromatic rings. The molecule has 5 nitrogen and oxygen atoms in total. The number of anilines is 1. The van der Waals surface area contributed by atoms with Crippen LogP contribution >= 0.6 is 11.6 Å². The molecule has 0 aliphatic carbocycles. The number of aromatic nitrogens is 3. The number of nitrogen functional groups attached to an aromatic ring is 1. The summed E-state index contributed by atoms with van der Waals surface area (Å²) < 4.78 is 5.25. The Labute approximate surface area is 104 Å². The van der Waals surface area contributed by atoms with Gasteiger partial charge >= 0.3 is 0 Å². The molecule has 1 heterocycles.